The molecule has 0 amide bonds. The highest BCUT2D eigenvalue weighted by Gasteiger charge is 2.35. The van der Waals surface area contributed by atoms with Gasteiger partial charge >= 0.3 is 0 Å². The molecule has 1 heterocycles. The molecule has 20 heavy (non-hydrogen) atoms. The third-order valence-electron chi connectivity index (χ3n) is 5.51. The maximum absolute atomic E-state index is 10.7. The third-order valence-corrected chi connectivity index (χ3v) is 5.51. The first-order valence-corrected chi connectivity index (χ1v) is 8.04. The maximum atomic E-state index is 10.7. The second kappa shape index (κ2) is 5.77. The molecule has 0 radical (unpaired) electrons. The first-order valence-electron chi connectivity index (χ1n) is 8.04. The zero-order valence-electron chi connectivity index (χ0n) is 12.6. The normalized spacial score (nSPS) is 35.0. The minimum atomic E-state index is -0.210. The largest absolute Gasteiger partial charge is 0.493 e. The highest BCUT2D eigenvalue weighted by Crippen LogP contribution is 2.38. The van der Waals surface area contributed by atoms with Gasteiger partial charge in [0.2, 0.25) is 0 Å². The van der Waals surface area contributed by atoms with Crippen molar-refractivity contribution in [3.8, 4) is 5.75 Å². The van der Waals surface area contributed by atoms with Crippen molar-refractivity contribution in [1.29, 1.82) is 0 Å². The monoisotopic (exact) mass is 274 g/mol. The summed E-state index contributed by atoms with van der Waals surface area (Å²) in [5.41, 5.74) is 1.25. The van der Waals surface area contributed by atoms with E-state index in [0.717, 1.165) is 24.0 Å². The van der Waals surface area contributed by atoms with Crippen molar-refractivity contribution in [3.05, 3.63) is 29.8 Å². The van der Waals surface area contributed by atoms with Gasteiger partial charge in [-0.25, -0.2) is 0 Å². The third kappa shape index (κ3) is 2.71. The van der Waals surface area contributed by atoms with Crippen LogP contribution >= 0.6 is 0 Å². The van der Waals surface area contributed by atoms with Gasteiger partial charge in [-0.15, -0.1) is 0 Å². The maximum Gasteiger partial charge on any atom is 0.122 e. The Hall–Kier alpha value is -1.02. The molecule has 5 atom stereocenters. The highest BCUT2D eigenvalue weighted by molar-refractivity contribution is 5.35. The molecule has 0 aromatic heterocycles. The summed E-state index contributed by atoms with van der Waals surface area (Å²) in [6, 6.07) is 8.23. The van der Waals surface area contributed by atoms with E-state index in [2.05, 4.69) is 26.0 Å². The summed E-state index contributed by atoms with van der Waals surface area (Å²) in [6.07, 6.45) is 4.34. The Morgan fingerprint density at radius 1 is 1.10 bits per heavy atom. The van der Waals surface area contributed by atoms with Gasteiger partial charge in [0.15, 0.2) is 0 Å². The Morgan fingerprint density at radius 3 is 2.70 bits per heavy atom. The predicted molar refractivity (Wildman–Crippen MR) is 80.8 cm³/mol. The molecule has 0 spiro atoms. The predicted octanol–water partition coefficient (Wildman–Crippen LogP) is 3.67. The number of aliphatic hydroxyl groups is 1. The molecule has 110 valence electrons. The van der Waals surface area contributed by atoms with Crippen molar-refractivity contribution in [2.45, 2.75) is 45.6 Å². The summed E-state index contributed by atoms with van der Waals surface area (Å²) >= 11 is 0. The van der Waals surface area contributed by atoms with Crippen LogP contribution in [0.4, 0.5) is 0 Å². The molecular formula is C18H26O2. The number of fused-ring (bicyclic) bond motifs is 1. The van der Waals surface area contributed by atoms with E-state index in [0.29, 0.717) is 12.5 Å². The van der Waals surface area contributed by atoms with Crippen LogP contribution in [-0.4, -0.2) is 17.8 Å². The van der Waals surface area contributed by atoms with Crippen LogP contribution in [0.5, 0.6) is 5.75 Å². The van der Waals surface area contributed by atoms with Crippen LogP contribution in [0.1, 0.15) is 38.7 Å². The first kappa shape index (κ1) is 13.9. The number of hydrogen-bond acceptors (Lipinski definition) is 2. The number of para-hydroxylation sites is 1. The molecule has 3 rings (SSSR count). The van der Waals surface area contributed by atoms with Gasteiger partial charge in [-0.1, -0.05) is 38.5 Å². The molecular weight excluding hydrogens is 248 g/mol. The van der Waals surface area contributed by atoms with Gasteiger partial charge in [-0.05, 0) is 48.6 Å². The summed E-state index contributed by atoms with van der Waals surface area (Å²) < 4.78 is 5.84. The SMILES string of the molecule is CC1CCC(C(O)C2COc3ccccc3C2)CC1C. The minimum absolute atomic E-state index is 0.210. The second-order valence-electron chi connectivity index (χ2n) is 6.90. The fourth-order valence-corrected chi connectivity index (χ4v) is 3.86. The molecule has 1 N–H and O–H groups in total. The number of benzene rings is 1. The van der Waals surface area contributed by atoms with Gasteiger partial charge in [-0.2, -0.15) is 0 Å². The summed E-state index contributed by atoms with van der Waals surface area (Å²) in [5, 5.41) is 10.7. The molecule has 2 aliphatic rings. The summed E-state index contributed by atoms with van der Waals surface area (Å²) in [5.74, 6) is 3.26. The standard InChI is InChI=1S/C18H26O2/c1-12-7-8-15(9-13(12)2)18(19)16-10-14-5-3-4-6-17(14)20-11-16/h3-6,12-13,15-16,18-19H,7-11H2,1-2H3. The molecule has 5 unspecified atom stereocenters. The molecule has 1 saturated carbocycles. The van der Waals surface area contributed by atoms with E-state index in [1.807, 2.05) is 12.1 Å². The lowest BCUT2D eigenvalue weighted by Crippen LogP contribution is -2.39. The average Bonchev–Trinajstić information content (AvgIpc) is 2.49. The van der Waals surface area contributed by atoms with Crippen LogP contribution in [0.15, 0.2) is 24.3 Å². The molecule has 2 heteroatoms. The molecule has 1 aliphatic carbocycles. The Labute approximate surface area is 122 Å². The number of ether oxygens (including phenoxy) is 1. The smallest absolute Gasteiger partial charge is 0.122 e. The highest BCUT2D eigenvalue weighted by atomic mass is 16.5. The number of aliphatic hydroxyl groups excluding tert-OH is 1. The Morgan fingerprint density at radius 2 is 1.90 bits per heavy atom. The van der Waals surface area contributed by atoms with Crippen molar-refractivity contribution in [1.82, 2.24) is 0 Å². The topological polar surface area (TPSA) is 29.5 Å². The van der Waals surface area contributed by atoms with E-state index in [-0.39, 0.29) is 12.0 Å². The van der Waals surface area contributed by atoms with Crippen molar-refractivity contribution < 1.29 is 9.84 Å². The van der Waals surface area contributed by atoms with Crippen molar-refractivity contribution >= 4 is 0 Å². The van der Waals surface area contributed by atoms with Gasteiger partial charge in [0.25, 0.3) is 0 Å². The summed E-state index contributed by atoms with van der Waals surface area (Å²) in [4.78, 5) is 0. The van der Waals surface area contributed by atoms with E-state index in [1.54, 1.807) is 0 Å². The molecule has 1 aromatic rings. The van der Waals surface area contributed by atoms with Crippen LogP contribution in [0.3, 0.4) is 0 Å². The minimum Gasteiger partial charge on any atom is -0.493 e. The second-order valence-corrected chi connectivity index (χ2v) is 6.90. The van der Waals surface area contributed by atoms with E-state index in [1.165, 1.54) is 24.8 Å². The van der Waals surface area contributed by atoms with Gasteiger partial charge < -0.3 is 9.84 Å². The van der Waals surface area contributed by atoms with Gasteiger partial charge in [-0.3, -0.25) is 0 Å². The fraction of sp³-hybridized carbons (Fsp3) is 0.667. The van der Waals surface area contributed by atoms with Crippen LogP contribution in [0.2, 0.25) is 0 Å². The molecule has 1 aromatic carbocycles. The summed E-state index contributed by atoms with van der Waals surface area (Å²) in [6.45, 7) is 5.34. The Kier molecular flexibility index (Phi) is 4.02. The average molecular weight is 274 g/mol. The quantitative estimate of drug-likeness (QED) is 0.891. The van der Waals surface area contributed by atoms with Crippen LogP contribution in [0, 0.1) is 23.7 Å². The van der Waals surface area contributed by atoms with Crippen LogP contribution < -0.4 is 4.74 Å². The number of hydrogen-bond donors (Lipinski definition) is 1. The van der Waals surface area contributed by atoms with Crippen molar-refractivity contribution in [2.24, 2.45) is 23.7 Å². The van der Waals surface area contributed by atoms with Gasteiger partial charge in [0.05, 0.1) is 12.7 Å². The Balaban J connectivity index is 1.65. The fourth-order valence-electron chi connectivity index (χ4n) is 3.86. The summed E-state index contributed by atoms with van der Waals surface area (Å²) in [7, 11) is 0. The van der Waals surface area contributed by atoms with Crippen LogP contribution in [-0.2, 0) is 6.42 Å². The number of rotatable bonds is 2. The lowest BCUT2D eigenvalue weighted by Gasteiger charge is -2.38. The van der Waals surface area contributed by atoms with Gasteiger partial charge in [0.1, 0.15) is 5.75 Å². The Bertz CT molecular complexity index is 456. The zero-order valence-corrected chi connectivity index (χ0v) is 12.6. The van der Waals surface area contributed by atoms with Crippen molar-refractivity contribution in [2.75, 3.05) is 6.61 Å². The van der Waals surface area contributed by atoms with Gasteiger partial charge in [0, 0.05) is 5.92 Å². The van der Waals surface area contributed by atoms with E-state index in [4.69, 9.17) is 4.74 Å². The van der Waals surface area contributed by atoms with E-state index < -0.39 is 0 Å². The molecule has 0 bridgehead atoms. The van der Waals surface area contributed by atoms with Crippen molar-refractivity contribution in [3.63, 3.8) is 0 Å². The lowest BCUT2D eigenvalue weighted by atomic mass is 9.71. The molecule has 2 nitrogen and oxygen atoms in total. The zero-order chi connectivity index (χ0) is 14.1. The molecule has 1 aliphatic heterocycles. The van der Waals surface area contributed by atoms with E-state index in [9.17, 15) is 5.11 Å². The lowest BCUT2D eigenvalue weighted by molar-refractivity contribution is -0.00643. The van der Waals surface area contributed by atoms with E-state index >= 15 is 0 Å². The molecule has 0 saturated heterocycles. The first-order chi connectivity index (χ1) is 9.65. The van der Waals surface area contributed by atoms with Crippen LogP contribution in [0.25, 0.3) is 0 Å². The molecule has 1 fully saturated rings.